The largest absolute Gasteiger partial charge is 0.457 e. The topological polar surface area (TPSA) is 103 Å². The molecule has 0 bridgehead atoms. The molecule has 1 heterocycles. The maximum absolute atomic E-state index is 11.1. The van der Waals surface area contributed by atoms with Gasteiger partial charge in [-0.3, -0.25) is 4.79 Å². The van der Waals surface area contributed by atoms with E-state index in [-0.39, 0.29) is 13.2 Å². The molecule has 19 heavy (non-hydrogen) atoms. The summed E-state index contributed by atoms with van der Waals surface area (Å²) in [5, 5.41) is 3.41. The highest BCUT2D eigenvalue weighted by Crippen LogP contribution is 2.27. The van der Waals surface area contributed by atoms with Gasteiger partial charge >= 0.3 is 5.97 Å². The van der Waals surface area contributed by atoms with Gasteiger partial charge in [-0.25, -0.2) is 0 Å². The normalized spacial score (nSPS) is 29.3. The van der Waals surface area contributed by atoms with Crippen molar-refractivity contribution in [2.75, 3.05) is 20.3 Å². The molecule has 1 aliphatic heterocycles. The lowest BCUT2D eigenvalue weighted by Gasteiger charge is -2.21. The van der Waals surface area contributed by atoms with Crippen molar-refractivity contribution in [1.29, 1.82) is 0 Å². The van der Waals surface area contributed by atoms with E-state index in [0.717, 1.165) is 0 Å². The van der Waals surface area contributed by atoms with Crippen LogP contribution < -0.4 is 0 Å². The Bertz CT molecular complexity index is 402. The van der Waals surface area contributed by atoms with Gasteiger partial charge in [0.15, 0.2) is 12.4 Å². The second-order valence-corrected chi connectivity index (χ2v) is 3.75. The van der Waals surface area contributed by atoms with Crippen LogP contribution in [0.2, 0.25) is 0 Å². The summed E-state index contributed by atoms with van der Waals surface area (Å²) < 4.78 is 21.1. The smallest absolute Gasteiger partial charge is 0.303 e. The van der Waals surface area contributed by atoms with Crippen molar-refractivity contribution in [1.82, 2.24) is 0 Å². The molecule has 0 N–H and O–H groups in total. The molecule has 0 spiro atoms. The van der Waals surface area contributed by atoms with Crippen molar-refractivity contribution in [2.24, 2.45) is 5.11 Å². The summed E-state index contributed by atoms with van der Waals surface area (Å²) in [5.41, 5.74) is 8.33. The second-order valence-electron chi connectivity index (χ2n) is 3.75. The third-order valence-corrected chi connectivity index (χ3v) is 2.50. The number of azide groups is 1. The van der Waals surface area contributed by atoms with Crippen LogP contribution in [0.4, 0.5) is 0 Å². The number of esters is 1. The van der Waals surface area contributed by atoms with E-state index in [1.165, 1.54) is 14.0 Å². The number of ether oxygens (including phenoxy) is 4. The van der Waals surface area contributed by atoms with Crippen molar-refractivity contribution < 1.29 is 23.7 Å². The van der Waals surface area contributed by atoms with Crippen LogP contribution in [0.25, 0.3) is 10.4 Å². The predicted molar refractivity (Wildman–Crippen MR) is 63.8 cm³/mol. The minimum atomic E-state index is -0.774. The van der Waals surface area contributed by atoms with Crippen LogP contribution in [-0.2, 0) is 23.7 Å². The number of nitrogens with zero attached hydrogens (tertiary/aromatic N) is 3. The Morgan fingerprint density at radius 2 is 2.32 bits per heavy atom. The zero-order chi connectivity index (χ0) is 14.3. The van der Waals surface area contributed by atoms with Crippen LogP contribution in [0.1, 0.15) is 6.92 Å². The number of terminal acetylenes is 1. The summed E-state index contributed by atoms with van der Waals surface area (Å²) in [6, 6.07) is 0. The van der Waals surface area contributed by atoms with Gasteiger partial charge in [0.1, 0.15) is 18.8 Å². The van der Waals surface area contributed by atoms with Gasteiger partial charge in [-0.2, -0.15) is 0 Å². The average molecular weight is 269 g/mol. The maximum atomic E-state index is 11.1. The predicted octanol–water partition coefficient (Wildman–Crippen LogP) is 0.618. The molecule has 1 rings (SSSR count). The van der Waals surface area contributed by atoms with Gasteiger partial charge in [0.25, 0.3) is 0 Å². The van der Waals surface area contributed by atoms with E-state index in [9.17, 15) is 4.79 Å². The van der Waals surface area contributed by atoms with Crippen LogP contribution in [0, 0.1) is 12.3 Å². The molecule has 4 atom stereocenters. The van der Waals surface area contributed by atoms with E-state index in [4.69, 9.17) is 30.9 Å². The highest BCUT2D eigenvalue weighted by molar-refractivity contribution is 5.66. The Morgan fingerprint density at radius 1 is 1.58 bits per heavy atom. The van der Waals surface area contributed by atoms with Crippen LogP contribution in [0.15, 0.2) is 5.11 Å². The van der Waals surface area contributed by atoms with Crippen molar-refractivity contribution in [3.8, 4) is 12.3 Å². The second kappa shape index (κ2) is 7.61. The summed E-state index contributed by atoms with van der Waals surface area (Å²) in [4.78, 5) is 13.7. The minimum absolute atomic E-state index is 0.00419. The molecule has 1 fully saturated rings. The van der Waals surface area contributed by atoms with Gasteiger partial charge in [0.2, 0.25) is 0 Å². The first-order valence-corrected chi connectivity index (χ1v) is 5.55. The molecule has 1 saturated heterocycles. The molecule has 0 saturated carbocycles. The summed E-state index contributed by atoms with van der Waals surface area (Å²) in [6.07, 6.45) is 2.35. The maximum Gasteiger partial charge on any atom is 0.303 e. The lowest BCUT2D eigenvalue weighted by Crippen LogP contribution is -2.39. The Morgan fingerprint density at radius 3 is 2.84 bits per heavy atom. The third kappa shape index (κ3) is 4.12. The lowest BCUT2D eigenvalue weighted by atomic mass is 10.1. The average Bonchev–Trinajstić information content (AvgIpc) is 2.70. The molecule has 0 aromatic carbocycles. The van der Waals surface area contributed by atoms with Crippen LogP contribution in [0.3, 0.4) is 0 Å². The molecule has 0 radical (unpaired) electrons. The molecule has 0 amide bonds. The molecule has 8 heteroatoms. The Hall–Kier alpha value is -1.78. The fourth-order valence-electron chi connectivity index (χ4n) is 1.80. The van der Waals surface area contributed by atoms with Crippen molar-refractivity contribution in [2.45, 2.75) is 31.5 Å². The Balaban J connectivity index is 2.80. The molecular weight excluding hydrogens is 254 g/mol. The number of carbonyl (C=O) groups excluding carboxylic acids is 1. The standard InChI is InChI=1S/C11H15N3O5/c1-4-5-17-11-10(16-3)9(18-7(2)15)8(19-11)6-13-14-12/h1,8-11H,5-6H2,2-3H3/t8-,9-,10-,11-/m1/s1. The molecular formula is C11H15N3O5. The van der Waals surface area contributed by atoms with Crippen LogP contribution in [0.5, 0.6) is 0 Å². The molecule has 1 aliphatic rings. The summed E-state index contributed by atoms with van der Waals surface area (Å²) in [5.74, 6) is 1.82. The monoisotopic (exact) mass is 269 g/mol. The highest BCUT2D eigenvalue weighted by Gasteiger charge is 2.47. The lowest BCUT2D eigenvalue weighted by molar-refractivity contribution is -0.165. The molecule has 104 valence electrons. The summed E-state index contributed by atoms with van der Waals surface area (Å²) in [6.45, 7) is 1.31. The highest BCUT2D eigenvalue weighted by atomic mass is 16.7. The molecule has 0 aromatic heterocycles. The molecule has 8 nitrogen and oxygen atoms in total. The van der Waals surface area contributed by atoms with Gasteiger partial charge in [-0.05, 0) is 5.53 Å². The molecule has 0 aliphatic carbocycles. The SMILES string of the molecule is C#CCO[C@@H]1O[C@H](CN=[N+]=[N-])[C@@H](OC(C)=O)[C@H]1OC. The quantitative estimate of drug-likeness (QED) is 0.231. The van der Waals surface area contributed by atoms with Gasteiger partial charge < -0.3 is 18.9 Å². The third-order valence-electron chi connectivity index (χ3n) is 2.50. The van der Waals surface area contributed by atoms with Crippen LogP contribution in [-0.4, -0.2) is 50.8 Å². The zero-order valence-electron chi connectivity index (χ0n) is 10.7. The summed E-state index contributed by atoms with van der Waals surface area (Å²) >= 11 is 0. The number of hydrogen-bond donors (Lipinski definition) is 0. The summed E-state index contributed by atoms with van der Waals surface area (Å²) in [7, 11) is 1.44. The van der Waals surface area contributed by atoms with Gasteiger partial charge in [-0.1, -0.05) is 11.0 Å². The van der Waals surface area contributed by atoms with E-state index in [1.807, 2.05) is 0 Å². The minimum Gasteiger partial charge on any atom is -0.457 e. The zero-order valence-corrected chi connectivity index (χ0v) is 10.7. The van der Waals surface area contributed by atoms with Crippen molar-refractivity contribution >= 4 is 5.97 Å². The first kappa shape index (κ1) is 15.3. The Labute approximate surface area is 110 Å². The number of rotatable bonds is 6. The first-order valence-electron chi connectivity index (χ1n) is 5.55. The van der Waals surface area contributed by atoms with Crippen molar-refractivity contribution in [3.63, 3.8) is 0 Å². The first-order chi connectivity index (χ1) is 9.13. The fourth-order valence-corrected chi connectivity index (χ4v) is 1.80. The van der Waals surface area contributed by atoms with E-state index < -0.39 is 30.6 Å². The van der Waals surface area contributed by atoms with Gasteiger partial charge in [-0.15, -0.1) is 6.42 Å². The van der Waals surface area contributed by atoms with Gasteiger partial charge in [0.05, 0.1) is 6.54 Å². The Kier molecular flexibility index (Phi) is 6.12. The van der Waals surface area contributed by atoms with E-state index in [2.05, 4.69) is 15.9 Å². The molecule has 0 unspecified atom stereocenters. The molecule has 0 aromatic rings. The van der Waals surface area contributed by atoms with Gasteiger partial charge in [0, 0.05) is 18.9 Å². The van der Waals surface area contributed by atoms with E-state index >= 15 is 0 Å². The van der Waals surface area contributed by atoms with E-state index in [0.29, 0.717) is 0 Å². The fraction of sp³-hybridized carbons (Fsp3) is 0.727. The number of hydrogen-bond acceptors (Lipinski definition) is 6. The van der Waals surface area contributed by atoms with Crippen molar-refractivity contribution in [3.05, 3.63) is 10.4 Å². The number of methoxy groups -OCH3 is 1. The van der Waals surface area contributed by atoms with E-state index in [1.54, 1.807) is 0 Å². The van der Waals surface area contributed by atoms with Crippen LogP contribution >= 0.6 is 0 Å². The number of carbonyl (C=O) groups is 1.